The lowest BCUT2D eigenvalue weighted by Crippen LogP contribution is -2.55. The fourth-order valence-corrected chi connectivity index (χ4v) is 6.79. The van der Waals surface area contributed by atoms with Gasteiger partial charge in [-0.15, -0.1) is 0 Å². The van der Waals surface area contributed by atoms with Crippen molar-refractivity contribution in [1.29, 1.82) is 0 Å². The minimum absolute atomic E-state index is 0.0246. The average molecular weight is 402 g/mol. The summed E-state index contributed by atoms with van der Waals surface area (Å²) >= 11 is 0. The highest BCUT2D eigenvalue weighted by atomic mass is 16.5. The number of allylic oxidation sites excluding steroid dienone is 4. The summed E-state index contributed by atoms with van der Waals surface area (Å²) in [5.74, 6) is 0.729. The van der Waals surface area contributed by atoms with Crippen LogP contribution in [-0.2, 0) is 14.3 Å². The summed E-state index contributed by atoms with van der Waals surface area (Å²) in [5.41, 5.74) is 6.63. The third-order valence-electron chi connectivity index (χ3n) is 8.56. The lowest BCUT2D eigenvalue weighted by atomic mass is 9.50. The first kappa shape index (κ1) is 21.0. The van der Waals surface area contributed by atoms with Gasteiger partial charge < -0.3 is 15.6 Å². The summed E-state index contributed by atoms with van der Waals surface area (Å²) in [6.45, 7) is 6.47. The van der Waals surface area contributed by atoms with Crippen molar-refractivity contribution >= 4 is 11.6 Å². The first-order valence-electron chi connectivity index (χ1n) is 11.2. The lowest BCUT2D eigenvalue weighted by Gasteiger charge is -2.54. The van der Waals surface area contributed by atoms with Crippen molar-refractivity contribution in [3.63, 3.8) is 0 Å². The molecule has 2 fully saturated rings. The lowest BCUT2D eigenvalue weighted by molar-refractivity contribution is -0.157. The third kappa shape index (κ3) is 3.08. The fourth-order valence-electron chi connectivity index (χ4n) is 6.79. The molecule has 160 valence electrons. The Kier molecular flexibility index (Phi) is 5.16. The Labute approximate surface area is 173 Å². The molecule has 3 unspecified atom stereocenters. The molecule has 3 N–H and O–H groups in total. The van der Waals surface area contributed by atoms with E-state index in [-0.39, 0.29) is 29.6 Å². The molecule has 5 nitrogen and oxygen atoms in total. The van der Waals surface area contributed by atoms with Crippen LogP contribution in [0.25, 0.3) is 0 Å². The molecule has 0 aromatic rings. The predicted molar refractivity (Wildman–Crippen MR) is 111 cm³/mol. The van der Waals surface area contributed by atoms with Crippen LogP contribution in [0.4, 0.5) is 0 Å². The minimum Gasteiger partial charge on any atom is -0.381 e. The maximum atomic E-state index is 13.0. The smallest absolute Gasteiger partial charge is 0.190 e. The van der Waals surface area contributed by atoms with Gasteiger partial charge in [-0.1, -0.05) is 31.1 Å². The molecule has 29 heavy (non-hydrogen) atoms. The van der Waals surface area contributed by atoms with E-state index in [1.807, 2.05) is 13.0 Å². The van der Waals surface area contributed by atoms with Gasteiger partial charge in [0.25, 0.3) is 0 Å². The number of fused-ring (bicyclic) bond motifs is 5. The SMILES string of the molecule is CC(N)COCC(=O)[C@@]1(O)CCC2C3CCC4=CC(=O)CC[C@]4(C)C3=CC[C@@]21C. The summed E-state index contributed by atoms with van der Waals surface area (Å²) in [7, 11) is 0. The highest BCUT2D eigenvalue weighted by Gasteiger charge is 2.64. The Balaban J connectivity index is 1.60. The first-order valence-corrected chi connectivity index (χ1v) is 11.2. The van der Waals surface area contributed by atoms with Gasteiger partial charge in [-0.05, 0) is 63.4 Å². The summed E-state index contributed by atoms with van der Waals surface area (Å²) in [5, 5.41) is 11.6. The van der Waals surface area contributed by atoms with Crippen molar-refractivity contribution in [3.8, 4) is 0 Å². The molecule has 0 bridgehead atoms. The van der Waals surface area contributed by atoms with Gasteiger partial charge in [0.15, 0.2) is 11.6 Å². The molecule has 0 amide bonds. The molecule has 0 spiro atoms. The van der Waals surface area contributed by atoms with Gasteiger partial charge in [0.05, 0.1) is 6.61 Å². The van der Waals surface area contributed by atoms with E-state index < -0.39 is 11.0 Å². The van der Waals surface area contributed by atoms with Crippen LogP contribution in [0.15, 0.2) is 23.3 Å². The first-order chi connectivity index (χ1) is 13.6. The average Bonchev–Trinajstić information content (AvgIpc) is 2.94. The highest BCUT2D eigenvalue weighted by Crippen LogP contribution is 2.65. The van der Waals surface area contributed by atoms with Crippen LogP contribution in [0.2, 0.25) is 0 Å². The quantitative estimate of drug-likeness (QED) is 0.691. The molecule has 6 atom stereocenters. The van der Waals surface area contributed by atoms with Crippen LogP contribution in [0.3, 0.4) is 0 Å². The second-order valence-corrected chi connectivity index (χ2v) is 10.3. The van der Waals surface area contributed by atoms with Crippen LogP contribution in [-0.4, -0.2) is 41.5 Å². The van der Waals surface area contributed by atoms with E-state index in [0.717, 1.165) is 25.7 Å². The molecule has 2 saturated carbocycles. The molecule has 4 rings (SSSR count). The van der Waals surface area contributed by atoms with Crippen LogP contribution in [0, 0.1) is 22.7 Å². The summed E-state index contributed by atoms with van der Waals surface area (Å²) < 4.78 is 5.47. The van der Waals surface area contributed by atoms with Gasteiger partial charge in [0, 0.05) is 23.3 Å². The van der Waals surface area contributed by atoms with Gasteiger partial charge in [0.1, 0.15) is 12.2 Å². The summed E-state index contributed by atoms with van der Waals surface area (Å²) in [6.07, 6.45) is 9.72. The Hall–Kier alpha value is -1.30. The van der Waals surface area contributed by atoms with Crippen molar-refractivity contribution in [1.82, 2.24) is 0 Å². The number of ether oxygens (including phenoxy) is 1. The molecule has 4 aliphatic rings. The van der Waals surface area contributed by atoms with E-state index in [1.165, 1.54) is 11.1 Å². The maximum absolute atomic E-state index is 13.0. The normalized spacial score (nSPS) is 42.3. The number of hydrogen-bond acceptors (Lipinski definition) is 5. The van der Waals surface area contributed by atoms with Gasteiger partial charge in [-0.25, -0.2) is 0 Å². The minimum atomic E-state index is -1.34. The third-order valence-corrected chi connectivity index (χ3v) is 8.56. The van der Waals surface area contributed by atoms with Crippen LogP contribution in [0.5, 0.6) is 0 Å². The Bertz CT molecular complexity index is 784. The second-order valence-electron chi connectivity index (χ2n) is 10.3. The number of nitrogens with two attached hydrogens (primary N) is 1. The zero-order valence-corrected chi connectivity index (χ0v) is 18.0. The van der Waals surface area contributed by atoms with Crippen molar-refractivity contribution in [3.05, 3.63) is 23.3 Å². The van der Waals surface area contributed by atoms with Crippen molar-refractivity contribution < 1.29 is 19.4 Å². The van der Waals surface area contributed by atoms with Gasteiger partial charge in [-0.3, -0.25) is 9.59 Å². The van der Waals surface area contributed by atoms with E-state index in [2.05, 4.69) is 19.9 Å². The molecule has 4 aliphatic carbocycles. The molecular formula is C24H35NO4. The van der Waals surface area contributed by atoms with E-state index >= 15 is 0 Å². The predicted octanol–water partition coefficient (Wildman–Crippen LogP) is 3.10. The van der Waals surface area contributed by atoms with Crippen molar-refractivity contribution in [2.45, 2.75) is 77.4 Å². The number of Topliss-reactive ketones (excluding diaryl/α,β-unsaturated/α-hetero) is 1. The van der Waals surface area contributed by atoms with Gasteiger partial charge in [0.2, 0.25) is 0 Å². The number of hydrogen-bond donors (Lipinski definition) is 2. The number of rotatable bonds is 5. The van der Waals surface area contributed by atoms with E-state index in [0.29, 0.717) is 37.7 Å². The zero-order valence-electron chi connectivity index (χ0n) is 18.0. The monoisotopic (exact) mass is 401 g/mol. The number of aliphatic hydroxyl groups is 1. The van der Waals surface area contributed by atoms with E-state index in [9.17, 15) is 14.7 Å². The number of carbonyl (C=O) groups excluding carboxylic acids is 2. The fraction of sp³-hybridized carbons (Fsp3) is 0.750. The van der Waals surface area contributed by atoms with Crippen LogP contribution < -0.4 is 5.73 Å². The topological polar surface area (TPSA) is 89.6 Å². The van der Waals surface area contributed by atoms with E-state index in [1.54, 1.807) is 0 Å². The summed E-state index contributed by atoms with van der Waals surface area (Å²) in [4.78, 5) is 25.0. The maximum Gasteiger partial charge on any atom is 0.190 e. The number of carbonyl (C=O) groups is 2. The Morgan fingerprint density at radius 1 is 1.31 bits per heavy atom. The molecule has 0 heterocycles. The van der Waals surface area contributed by atoms with Crippen molar-refractivity contribution in [2.75, 3.05) is 13.2 Å². The van der Waals surface area contributed by atoms with Crippen LogP contribution >= 0.6 is 0 Å². The largest absolute Gasteiger partial charge is 0.381 e. The molecular weight excluding hydrogens is 366 g/mol. The van der Waals surface area contributed by atoms with Gasteiger partial charge in [-0.2, -0.15) is 0 Å². The summed E-state index contributed by atoms with van der Waals surface area (Å²) in [6, 6.07) is -0.128. The molecule has 0 aliphatic heterocycles. The molecule has 0 saturated heterocycles. The molecule has 0 aromatic heterocycles. The second kappa shape index (κ2) is 7.14. The van der Waals surface area contributed by atoms with E-state index in [4.69, 9.17) is 10.5 Å². The molecule has 0 radical (unpaired) electrons. The van der Waals surface area contributed by atoms with Gasteiger partial charge >= 0.3 is 0 Å². The zero-order chi connectivity index (χ0) is 21.0. The Morgan fingerprint density at radius 3 is 2.79 bits per heavy atom. The number of ketones is 2. The Morgan fingerprint density at radius 2 is 2.07 bits per heavy atom. The van der Waals surface area contributed by atoms with Crippen molar-refractivity contribution in [2.24, 2.45) is 28.4 Å². The van der Waals surface area contributed by atoms with Crippen LogP contribution in [0.1, 0.15) is 65.7 Å². The molecule has 0 aromatic carbocycles. The standard InChI is InChI=1S/C24H35NO4/c1-15(25)13-29-14-21(27)24(28)11-8-20-18-5-4-16-12-17(26)6-9-22(16,2)19(18)7-10-23(20,24)3/h7,12,15,18,20,28H,4-6,8-11,13-14,25H2,1-3H3/t15?,18?,20?,22-,23-,24-/m0/s1. The highest BCUT2D eigenvalue weighted by molar-refractivity contribution is 5.92. The molecule has 5 heteroatoms.